The molecule has 0 amide bonds. The minimum atomic E-state index is 0.624. The van der Waals surface area contributed by atoms with Crippen LogP contribution < -0.4 is 5.32 Å². The summed E-state index contributed by atoms with van der Waals surface area (Å²) in [4.78, 5) is 10.9. The number of aryl methyl sites for hydroxylation is 1. The third-order valence-electron chi connectivity index (χ3n) is 3.20. The normalized spacial score (nSPS) is 22.0. The number of hydrogen-bond acceptors (Lipinski definition) is 4. The van der Waals surface area contributed by atoms with Crippen LogP contribution in [0.15, 0.2) is 12.4 Å². The smallest absolute Gasteiger partial charge is 0.222 e. The van der Waals surface area contributed by atoms with Crippen LogP contribution in [-0.4, -0.2) is 41.0 Å². The molecule has 4 nitrogen and oxygen atoms in total. The van der Waals surface area contributed by atoms with E-state index in [0.29, 0.717) is 6.04 Å². The highest BCUT2D eigenvalue weighted by Crippen LogP contribution is 2.15. The molecule has 0 bridgehead atoms. The predicted octanol–water partition coefficient (Wildman–Crippen LogP) is 1.68. The summed E-state index contributed by atoms with van der Waals surface area (Å²) in [5, 5.41) is 3.31. The van der Waals surface area contributed by atoms with Crippen molar-refractivity contribution in [3.63, 3.8) is 0 Å². The van der Waals surface area contributed by atoms with Gasteiger partial charge in [-0.1, -0.05) is 6.42 Å². The van der Waals surface area contributed by atoms with Gasteiger partial charge in [-0.05, 0) is 38.9 Å². The molecule has 16 heavy (non-hydrogen) atoms. The number of likely N-dealkylation sites (tertiary alicyclic amines) is 1. The molecule has 1 aromatic rings. The molecule has 0 saturated carbocycles. The molecule has 0 aliphatic carbocycles. The standard InChI is InChI=1S/C12H20N4/c1-10-7-13-12(14-8-10)15-9-11-5-3-4-6-16(11)2/h7-8,11H,3-6,9H2,1-2H3,(H,13,14,15). The lowest BCUT2D eigenvalue weighted by atomic mass is 10.0. The summed E-state index contributed by atoms with van der Waals surface area (Å²) in [6, 6.07) is 0.624. The first kappa shape index (κ1) is 11.3. The maximum Gasteiger partial charge on any atom is 0.222 e. The van der Waals surface area contributed by atoms with Gasteiger partial charge >= 0.3 is 0 Å². The van der Waals surface area contributed by atoms with Crippen molar-refractivity contribution in [1.29, 1.82) is 0 Å². The summed E-state index contributed by atoms with van der Waals surface area (Å²) in [7, 11) is 2.20. The lowest BCUT2D eigenvalue weighted by Gasteiger charge is -2.32. The van der Waals surface area contributed by atoms with Crippen molar-refractivity contribution in [3.05, 3.63) is 18.0 Å². The zero-order valence-corrected chi connectivity index (χ0v) is 10.1. The maximum absolute atomic E-state index is 4.25. The number of aromatic nitrogens is 2. The highest BCUT2D eigenvalue weighted by Gasteiger charge is 2.18. The van der Waals surface area contributed by atoms with Crippen molar-refractivity contribution >= 4 is 5.95 Å². The minimum absolute atomic E-state index is 0.624. The summed E-state index contributed by atoms with van der Waals surface area (Å²) in [5.74, 6) is 0.740. The second-order valence-corrected chi connectivity index (χ2v) is 4.60. The maximum atomic E-state index is 4.25. The zero-order chi connectivity index (χ0) is 11.4. The zero-order valence-electron chi connectivity index (χ0n) is 10.1. The van der Waals surface area contributed by atoms with Gasteiger partial charge in [-0.15, -0.1) is 0 Å². The van der Waals surface area contributed by atoms with E-state index in [2.05, 4.69) is 27.2 Å². The Hall–Kier alpha value is -1.16. The second kappa shape index (κ2) is 5.25. The fourth-order valence-corrected chi connectivity index (χ4v) is 2.09. The molecular formula is C12H20N4. The molecular weight excluding hydrogens is 200 g/mol. The summed E-state index contributed by atoms with van der Waals surface area (Å²) in [5.41, 5.74) is 1.10. The van der Waals surface area contributed by atoms with E-state index in [9.17, 15) is 0 Å². The quantitative estimate of drug-likeness (QED) is 0.841. The van der Waals surface area contributed by atoms with Crippen molar-refractivity contribution < 1.29 is 0 Å². The van der Waals surface area contributed by atoms with Crippen molar-refractivity contribution in [1.82, 2.24) is 14.9 Å². The summed E-state index contributed by atoms with van der Waals surface area (Å²) in [6.45, 7) is 4.15. The summed E-state index contributed by atoms with van der Waals surface area (Å²) < 4.78 is 0. The van der Waals surface area contributed by atoms with Crippen LogP contribution in [0.1, 0.15) is 24.8 Å². The molecule has 0 radical (unpaired) electrons. The Morgan fingerprint density at radius 2 is 2.12 bits per heavy atom. The molecule has 2 rings (SSSR count). The Morgan fingerprint density at radius 1 is 1.38 bits per heavy atom. The lowest BCUT2D eigenvalue weighted by Crippen LogP contribution is -2.40. The number of nitrogens with one attached hydrogen (secondary N) is 1. The van der Waals surface area contributed by atoms with Gasteiger partial charge in [0, 0.05) is 25.0 Å². The number of likely N-dealkylation sites (N-methyl/N-ethyl adjacent to an activating group) is 1. The van der Waals surface area contributed by atoms with E-state index >= 15 is 0 Å². The highest BCUT2D eigenvalue weighted by molar-refractivity contribution is 5.24. The van der Waals surface area contributed by atoms with E-state index in [1.54, 1.807) is 0 Å². The first-order chi connectivity index (χ1) is 7.75. The molecule has 1 aromatic heterocycles. The van der Waals surface area contributed by atoms with Crippen molar-refractivity contribution in [2.24, 2.45) is 0 Å². The molecule has 1 fully saturated rings. The molecule has 2 heterocycles. The fraction of sp³-hybridized carbons (Fsp3) is 0.667. The Kier molecular flexibility index (Phi) is 3.72. The van der Waals surface area contributed by atoms with Crippen LogP contribution in [0.4, 0.5) is 5.95 Å². The van der Waals surface area contributed by atoms with Gasteiger partial charge in [0.25, 0.3) is 0 Å². The van der Waals surface area contributed by atoms with Crippen LogP contribution >= 0.6 is 0 Å². The molecule has 0 aromatic carbocycles. The SMILES string of the molecule is Cc1cnc(NCC2CCCCN2C)nc1. The molecule has 1 atom stereocenters. The van der Waals surface area contributed by atoms with Crippen LogP contribution in [0, 0.1) is 6.92 Å². The molecule has 88 valence electrons. The topological polar surface area (TPSA) is 41.1 Å². The Morgan fingerprint density at radius 3 is 2.81 bits per heavy atom. The van der Waals surface area contributed by atoms with Crippen LogP contribution in [0.3, 0.4) is 0 Å². The Labute approximate surface area is 97.1 Å². The third-order valence-corrected chi connectivity index (χ3v) is 3.20. The monoisotopic (exact) mass is 220 g/mol. The van der Waals surface area contributed by atoms with Gasteiger partial charge in [-0.2, -0.15) is 0 Å². The Bertz CT molecular complexity index is 322. The number of hydrogen-bond donors (Lipinski definition) is 1. The van der Waals surface area contributed by atoms with E-state index in [1.165, 1.54) is 25.8 Å². The number of rotatable bonds is 3. The lowest BCUT2D eigenvalue weighted by molar-refractivity contribution is 0.194. The van der Waals surface area contributed by atoms with Crippen molar-refractivity contribution in [2.75, 3.05) is 25.5 Å². The fourth-order valence-electron chi connectivity index (χ4n) is 2.09. The van der Waals surface area contributed by atoms with Gasteiger partial charge in [-0.25, -0.2) is 9.97 Å². The van der Waals surface area contributed by atoms with E-state index in [4.69, 9.17) is 0 Å². The minimum Gasteiger partial charge on any atom is -0.353 e. The number of piperidine rings is 1. The van der Waals surface area contributed by atoms with Gasteiger partial charge in [0.2, 0.25) is 5.95 Å². The van der Waals surface area contributed by atoms with Crippen LogP contribution in [0.25, 0.3) is 0 Å². The van der Waals surface area contributed by atoms with E-state index in [1.807, 2.05) is 19.3 Å². The highest BCUT2D eigenvalue weighted by atomic mass is 15.2. The molecule has 1 aliphatic heterocycles. The van der Waals surface area contributed by atoms with Crippen molar-refractivity contribution in [2.45, 2.75) is 32.2 Å². The summed E-state index contributed by atoms with van der Waals surface area (Å²) in [6.07, 6.45) is 7.63. The van der Waals surface area contributed by atoms with Gasteiger partial charge in [0.1, 0.15) is 0 Å². The molecule has 4 heteroatoms. The predicted molar refractivity (Wildman–Crippen MR) is 65.5 cm³/mol. The first-order valence-corrected chi connectivity index (χ1v) is 5.98. The largest absolute Gasteiger partial charge is 0.353 e. The molecule has 1 unspecified atom stereocenters. The second-order valence-electron chi connectivity index (χ2n) is 4.60. The van der Waals surface area contributed by atoms with Crippen LogP contribution in [0.5, 0.6) is 0 Å². The van der Waals surface area contributed by atoms with E-state index < -0.39 is 0 Å². The van der Waals surface area contributed by atoms with E-state index in [-0.39, 0.29) is 0 Å². The average molecular weight is 220 g/mol. The van der Waals surface area contributed by atoms with Gasteiger partial charge in [0.05, 0.1) is 0 Å². The summed E-state index contributed by atoms with van der Waals surface area (Å²) >= 11 is 0. The molecule has 1 aliphatic rings. The van der Waals surface area contributed by atoms with E-state index in [0.717, 1.165) is 18.1 Å². The average Bonchev–Trinajstić information content (AvgIpc) is 2.30. The Balaban J connectivity index is 1.84. The first-order valence-electron chi connectivity index (χ1n) is 5.98. The molecule has 0 spiro atoms. The third kappa shape index (κ3) is 2.92. The van der Waals surface area contributed by atoms with Gasteiger partial charge in [0.15, 0.2) is 0 Å². The van der Waals surface area contributed by atoms with Gasteiger partial charge in [-0.3, -0.25) is 0 Å². The van der Waals surface area contributed by atoms with Crippen molar-refractivity contribution in [3.8, 4) is 0 Å². The molecule has 1 N–H and O–H groups in total. The molecule has 1 saturated heterocycles. The van der Waals surface area contributed by atoms with Crippen LogP contribution in [0.2, 0.25) is 0 Å². The number of nitrogens with zero attached hydrogens (tertiary/aromatic N) is 3. The van der Waals surface area contributed by atoms with Crippen LogP contribution in [-0.2, 0) is 0 Å². The number of anilines is 1. The van der Waals surface area contributed by atoms with Gasteiger partial charge < -0.3 is 10.2 Å².